The van der Waals surface area contributed by atoms with Crippen LogP contribution < -0.4 is 0 Å². The lowest BCUT2D eigenvalue weighted by Gasteiger charge is -2.19. The first-order valence-corrected chi connectivity index (χ1v) is 7.88. The zero-order valence-electron chi connectivity index (χ0n) is 9.65. The summed E-state index contributed by atoms with van der Waals surface area (Å²) in [6, 6.07) is 0. The lowest BCUT2D eigenvalue weighted by atomic mass is 10.1. The molecule has 1 aliphatic rings. The zero-order chi connectivity index (χ0) is 12.3. The van der Waals surface area contributed by atoms with E-state index in [0.29, 0.717) is 24.9 Å². The smallest absolute Gasteiger partial charge is 0.240 e. The summed E-state index contributed by atoms with van der Waals surface area (Å²) >= 11 is 5.64. The van der Waals surface area contributed by atoms with E-state index in [9.17, 15) is 13.2 Å². The standard InChI is InChI=1S/C10H18ClNO3S/c1-8(16(2,14)15)10(13)12-6-4-9(7-12)3-5-11/h8-9H,3-7H2,1-2H3. The molecule has 0 radical (unpaired) electrons. The summed E-state index contributed by atoms with van der Waals surface area (Å²) in [5.74, 6) is 0.738. The van der Waals surface area contributed by atoms with Gasteiger partial charge < -0.3 is 4.90 Å². The molecule has 0 saturated carbocycles. The van der Waals surface area contributed by atoms with Crippen molar-refractivity contribution in [2.75, 3.05) is 25.2 Å². The Morgan fingerprint density at radius 3 is 2.69 bits per heavy atom. The lowest BCUT2D eigenvalue weighted by Crippen LogP contribution is -2.39. The number of hydrogen-bond acceptors (Lipinski definition) is 3. The van der Waals surface area contributed by atoms with E-state index in [1.807, 2.05) is 0 Å². The number of carbonyl (C=O) groups is 1. The molecule has 94 valence electrons. The van der Waals surface area contributed by atoms with Crippen LogP contribution in [0.1, 0.15) is 19.8 Å². The van der Waals surface area contributed by atoms with E-state index in [2.05, 4.69) is 0 Å². The molecule has 0 aliphatic carbocycles. The number of rotatable bonds is 4. The highest BCUT2D eigenvalue weighted by Gasteiger charge is 2.32. The van der Waals surface area contributed by atoms with Crippen molar-refractivity contribution in [3.05, 3.63) is 0 Å². The number of halogens is 1. The summed E-state index contributed by atoms with van der Waals surface area (Å²) < 4.78 is 22.5. The molecule has 2 atom stereocenters. The van der Waals surface area contributed by atoms with Crippen molar-refractivity contribution in [3.63, 3.8) is 0 Å². The summed E-state index contributed by atoms with van der Waals surface area (Å²) in [4.78, 5) is 13.5. The number of amides is 1. The van der Waals surface area contributed by atoms with Crippen LogP contribution in [0.3, 0.4) is 0 Å². The van der Waals surface area contributed by atoms with Gasteiger partial charge in [0.25, 0.3) is 0 Å². The Bertz CT molecular complexity index is 355. The second-order valence-corrected chi connectivity index (χ2v) is 7.13. The summed E-state index contributed by atoms with van der Waals surface area (Å²) in [7, 11) is -3.29. The van der Waals surface area contributed by atoms with Crippen LogP contribution in [0.15, 0.2) is 0 Å². The monoisotopic (exact) mass is 267 g/mol. The first-order chi connectivity index (χ1) is 7.36. The first-order valence-electron chi connectivity index (χ1n) is 5.40. The van der Waals surface area contributed by atoms with E-state index in [-0.39, 0.29) is 5.91 Å². The van der Waals surface area contributed by atoms with Gasteiger partial charge in [0.2, 0.25) is 5.91 Å². The molecule has 1 saturated heterocycles. The molecule has 0 aromatic carbocycles. The van der Waals surface area contributed by atoms with Gasteiger partial charge in [0.05, 0.1) is 0 Å². The van der Waals surface area contributed by atoms with Crippen molar-refractivity contribution in [2.24, 2.45) is 5.92 Å². The Kier molecular flexibility index (Phi) is 4.62. The molecule has 0 spiro atoms. The van der Waals surface area contributed by atoms with E-state index >= 15 is 0 Å². The molecule has 16 heavy (non-hydrogen) atoms. The van der Waals surface area contributed by atoms with E-state index in [1.165, 1.54) is 6.92 Å². The van der Waals surface area contributed by atoms with Crippen LogP contribution in [0.4, 0.5) is 0 Å². The third-order valence-electron chi connectivity index (χ3n) is 3.10. The minimum absolute atomic E-state index is 0.278. The Balaban J connectivity index is 2.58. The summed E-state index contributed by atoms with van der Waals surface area (Å²) in [6.07, 6.45) is 2.91. The average molecular weight is 268 g/mol. The molecule has 1 aliphatic heterocycles. The highest BCUT2D eigenvalue weighted by atomic mass is 35.5. The summed E-state index contributed by atoms with van der Waals surface area (Å²) in [6.45, 7) is 2.75. The Labute approximate surface area is 102 Å². The van der Waals surface area contributed by atoms with Crippen LogP contribution in [-0.4, -0.2) is 49.7 Å². The predicted molar refractivity (Wildman–Crippen MR) is 64.3 cm³/mol. The van der Waals surface area contributed by atoms with Crippen LogP contribution in [0.25, 0.3) is 0 Å². The molecule has 0 N–H and O–H groups in total. The third kappa shape index (κ3) is 3.35. The fourth-order valence-corrected chi connectivity index (χ4v) is 2.69. The quantitative estimate of drug-likeness (QED) is 0.711. The molecular weight excluding hydrogens is 250 g/mol. The normalized spacial score (nSPS) is 23.4. The van der Waals surface area contributed by atoms with E-state index in [0.717, 1.165) is 19.1 Å². The number of nitrogens with zero attached hydrogens (tertiary/aromatic N) is 1. The van der Waals surface area contributed by atoms with Gasteiger partial charge in [0.15, 0.2) is 9.84 Å². The summed E-state index contributed by atoms with van der Waals surface area (Å²) in [5, 5.41) is -0.928. The van der Waals surface area contributed by atoms with Crippen molar-refractivity contribution >= 4 is 27.3 Å². The molecule has 4 nitrogen and oxygen atoms in total. The Morgan fingerprint density at radius 2 is 2.19 bits per heavy atom. The van der Waals surface area contributed by atoms with Crippen molar-refractivity contribution in [2.45, 2.75) is 25.0 Å². The van der Waals surface area contributed by atoms with Crippen molar-refractivity contribution in [1.82, 2.24) is 4.90 Å². The van der Waals surface area contributed by atoms with Gasteiger partial charge in [0, 0.05) is 25.2 Å². The maximum atomic E-state index is 11.9. The third-order valence-corrected chi connectivity index (χ3v) is 4.81. The van der Waals surface area contributed by atoms with Crippen molar-refractivity contribution < 1.29 is 13.2 Å². The minimum atomic E-state index is -3.29. The Hall–Kier alpha value is -0.290. The minimum Gasteiger partial charge on any atom is -0.341 e. The molecule has 1 heterocycles. The van der Waals surface area contributed by atoms with Gasteiger partial charge in [0.1, 0.15) is 5.25 Å². The van der Waals surface area contributed by atoms with Gasteiger partial charge in [-0.05, 0) is 25.7 Å². The largest absolute Gasteiger partial charge is 0.341 e. The SMILES string of the molecule is CC(C(=O)N1CCC(CCCl)C1)S(C)(=O)=O. The number of carbonyl (C=O) groups excluding carboxylic acids is 1. The van der Waals surface area contributed by atoms with Gasteiger partial charge in [-0.2, -0.15) is 0 Å². The number of alkyl halides is 1. The van der Waals surface area contributed by atoms with Gasteiger partial charge in [-0.25, -0.2) is 8.42 Å². The van der Waals surface area contributed by atoms with E-state index < -0.39 is 15.1 Å². The van der Waals surface area contributed by atoms with Gasteiger partial charge in [-0.3, -0.25) is 4.79 Å². The number of hydrogen-bond donors (Lipinski definition) is 0. The molecule has 2 unspecified atom stereocenters. The molecule has 1 amide bonds. The van der Waals surface area contributed by atoms with Crippen molar-refractivity contribution in [1.29, 1.82) is 0 Å². The van der Waals surface area contributed by atoms with E-state index in [4.69, 9.17) is 11.6 Å². The predicted octanol–water partition coefficient (Wildman–Crippen LogP) is 0.897. The fraction of sp³-hybridized carbons (Fsp3) is 0.900. The molecule has 1 rings (SSSR count). The van der Waals surface area contributed by atoms with Crippen LogP contribution in [0.2, 0.25) is 0 Å². The van der Waals surface area contributed by atoms with Crippen LogP contribution in [-0.2, 0) is 14.6 Å². The molecule has 0 aromatic rings. The molecule has 0 aromatic heterocycles. The molecule has 0 bridgehead atoms. The number of sulfone groups is 1. The fourth-order valence-electron chi connectivity index (χ4n) is 1.86. The van der Waals surface area contributed by atoms with Gasteiger partial charge >= 0.3 is 0 Å². The second-order valence-electron chi connectivity index (χ2n) is 4.39. The van der Waals surface area contributed by atoms with Gasteiger partial charge in [-0.15, -0.1) is 11.6 Å². The maximum absolute atomic E-state index is 11.9. The molecule has 1 fully saturated rings. The zero-order valence-corrected chi connectivity index (χ0v) is 11.2. The van der Waals surface area contributed by atoms with Gasteiger partial charge in [-0.1, -0.05) is 0 Å². The maximum Gasteiger partial charge on any atom is 0.240 e. The molecule has 6 heteroatoms. The van der Waals surface area contributed by atoms with E-state index in [1.54, 1.807) is 4.90 Å². The average Bonchev–Trinajstić information content (AvgIpc) is 2.63. The van der Waals surface area contributed by atoms with Crippen LogP contribution >= 0.6 is 11.6 Å². The number of likely N-dealkylation sites (tertiary alicyclic amines) is 1. The lowest BCUT2D eigenvalue weighted by molar-refractivity contribution is -0.129. The highest BCUT2D eigenvalue weighted by molar-refractivity contribution is 7.92. The summed E-state index contributed by atoms with van der Waals surface area (Å²) in [5.41, 5.74) is 0. The highest BCUT2D eigenvalue weighted by Crippen LogP contribution is 2.21. The van der Waals surface area contributed by atoms with Crippen molar-refractivity contribution in [3.8, 4) is 0 Å². The topological polar surface area (TPSA) is 54.5 Å². The van der Waals surface area contributed by atoms with Crippen LogP contribution in [0, 0.1) is 5.92 Å². The second kappa shape index (κ2) is 5.36. The molecular formula is C10H18ClNO3S. The van der Waals surface area contributed by atoms with Crippen LogP contribution in [0.5, 0.6) is 0 Å². The Morgan fingerprint density at radius 1 is 1.56 bits per heavy atom. The first kappa shape index (κ1) is 13.8.